The molecule has 22 heavy (non-hydrogen) atoms. The Morgan fingerprint density at radius 1 is 1.36 bits per heavy atom. The molecular formula is C17H27NO3S. The van der Waals surface area contributed by atoms with E-state index in [1.165, 1.54) is 0 Å². The minimum Gasteiger partial charge on any atom is -0.396 e. The zero-order valence-corrected chi connectivity index (χ0v) is 14.5. The average molecular weight is 325 g/mol. The molecule has 0 aromatic heterocycles. The molecule has 2 N–H and O–H groups in total. The van der Waals surface area contributed by atoms with Gasteiger partial charge in [-0.3, -0.25) is 0 Å². The average Bonchev–Trinajstić information content (AvgIpc) is 2.89. The molecular weight excluding hydrogens is 298 g/mol. The predicted octanol–water partition coefficient (Wildman–Crippen LogP) is 2.68. The molecule has 4 nitrogen and oxygen atoms in total. The van der Waals surface area contributed by atoms with Gasteiger partial charge in [0.1, 0.15) is 0 Å². The molecule has 0 aliphatic heterocycles. The molecule has 0 saturated heterocycles. The molecule has 1 saturated carbocycles. The lowest BCUT2D eigenvalue weighted by Gasteiger charge is -2.32. The van der Waals surface area contributed by atoms with E-state index in [0.29, 0.717) is 10.9 Å². The lowest BCUT2D eigenvalue weighted by atomic mass is 9.85. The fraction of sp³-hybridized carbons (Fsp3) is 0.647. The first-order chi connectivity index (χ1) is 10.3. The normalized spacial score (nSPS) is 27.0. The van der Waals surface area contributed by atoms with Crippen molar-refractivity contribution in [2.45, 2.75) is 57.0 Å². The fourth-order valence-electron chi connectivity index (χ4n) is 3.23. The van der Waals surface area contributed by atoms with Gasteiger partial charge in [0.25, 0.3) is 0 Å². The zero-order valence-electron chi connectivity index (χ0n) is 13.7. The maximum atomic E-state index is 11.8. The Kier molecular flexibility index (Phi) is 5.30. The monoisotopic (exact) mass is 325 g/mol. The summed E-state index contributed by atoms with van der Waals surface area (Å²) in [6.07, 6.45) is 3.25. The van der Waals surface area contributed by atoms with Gasteiger partial charge in [0.15, 0.2) is 9.84 Å². The first kappa shape index (κ1) is 17.4. The van der Waals surface area contributed by atoms with Crippen LogP contribution in [-0.2, 0) is 9.84 Å². The van der Waals surface area contributed by atoms with Crippen LogP contribution in [0.15, 0.2) is 29.2 Å². The molecule has 0 amide bonds. The summed E-state index contributed by atoms with van der Waals surface area (Å²) < 4.78 is 23.7. The number of benzene rings is 1. The van der Waals surface area contributed by atoms with Crippen molar-refractivity contribution in [3.63, 3.8) is 0 Å². The Morgan fingerprint density at radius 3 is 2.55 bits per heavy atom. The highest BCUT2D eigenvalue weighted by atomic mass is 32.2. The van der Waals surface area contributed by atoms with Crippen molar-refractivity contribution in [2.75, 3.05) is 12.4 Å². The molecule has 5 heteroatoms. The smallest absolute Gasteiger partial charge is 0.178 e. The van der Waals surface area contributed by atoms with E-state index >= 15 is 0 Å². The SMILES string of the molecule is CCS(=O)(=O)c1ccc(C(C)NC2CCCC2(C)CO)cc1. The van der Waals surface area contributed by atoms with Gasteiger partial charge in [0.2, 0.25) is 0 Å². The minimum absolute atomic E-state index is 0.0558. The van der Waals surface area contributed by atoms with Gasteiger partial charge in [0, 0.05) is 24.1 Å². The van der Waals surface area contributed by atoms with Gasteiger partial charge in [-0.05, 0) is 37.5 Å². The first-order valence-electron chi connectivity index (χ1n) is 8.02. The van der Waals surface area contributed by atoms with Gasteiger partial charge in [-0.15, -0.1) is 0 Å². The van der Waals surface area contributed by atoms with Crippen molar-refractivity contribution in [3.8, 4) is 0 Å². The molecule has 1 aromatic carbocycles. The van der Waals surface area contributed by atoms with E-state index in [4.69, 9.17) is 0 Å². The molecule has 1 aromatic rings. The quantitative estimate of drug-likeness (QED) is 0.844. The molecule has 0 heterocycles. The van der Waals surface area contributed by atoms with Gasteiger partial charge in [-0.25, -0.2) is 8.42 Å². The topological polar surface area (TPSA) is 66.4 Å². The number of hydrogen-bond donors (Lipinski definition) is 2. The standard InChI is InChI=1S/C17H27NO3S/c1-4-22(20,21)15-9-7-14(8-10-15)13(2)18-16-6-5-11-17(16,3)12-19/h7-10,13,16,18-19H,4-6,11-12H2,1-3H3. The Hall–Kier alpha value is -0.910. The third-order valence-electron chi connectivity index (χ3n) is 5.01. The van der Waals surface area contributed by atoms with Crippen molar-refractivity contribution < 1.29 is 13.5 Å². The summed E-state index contributed by atoms with van der Waals surface area (Å²) in [5.41, 5.74) is 1.02. The molecule has 3 unspecified atom stereocenters. The number of aliphatic hydroxyl groups is 1. The first-order valence-corrected chi connectivity index (χ1v) is 9.67. The fourth-order valence-corrected chi connectivity index (χ4v) is 4.12. The molecule has 3 atom stereocenters. The molecule has 1 aliphatic rings. The summed E-state index contributed by atoms with van der Waals surface area (Å²) >= 11 is 0. The molecule has 1 fully saturated rings. The van der Waals surface area contributed by atoms with Crippen LogP contribution in [0.25, 0.3) is 0 Å². The Morgan fingerprint density at radius 2 is 2.00 bits per heavy atom. The Bertz CT molecular complexity index is 597. The Balaban J connectivity index is 2.09. The van der Waals surface area contributed by atoms with Gasteiger partial charge < -0.3 is 10.4 Å². The van der Waals surface area contributed by atoms with E-state index in [0.717, 1.165) is 24.8 Å². The van der Waals surface area contributed by atoms with Gasteiger partial charge in [-0.2, -0.15) is 0 Å². The van der Waals surface area contributed by atoms with E-state index in [1.807, 2.05) is 12.1 Å². The summed E-state index contributed by atoms with van der Waals surface area (Å²) in [6, 6.07) is 7.56. The maximum Gasteiger partial charge on any atom is 0.178 e. The largest absolute Gasteiger partial charge is 0.396 e. The second-order valence-corrected chi connectivity index (χ2v) is 8.90. The van der Waals surface area contributed by atoms with Crippen LogP contribution in [0.1, 0.15) is 51.6 Å². The van der Waals surface area contributed by atoms with Crippen molar-refractivity contribution in [1.29, 1.82) is 0 Å². The molecule has 124 valence electrons. The zero-order chi connectivity index (χ0) is 16.4. The molecule has 0 bridgehead atoms. The summed E-state index contributed by atoms with van der Waals surface area (Å²) in [6.45, 7) is 6.06. The number of nitrogens with one attached hydrogen (secondary N) is 1. The van der Waals surface area contributed by atoms with Crippen molar-refractivity contribution >= 4 is 9.84 Å². The maximum absolute atomic E-state index is 11.8. The molecule has 0 radical (unpaired) electrons. The molecule has 1 aliphatic carbocycles. The Labute approximate surface area is 133 Å². The van der Waals surface area contributed by atoms with E-state index in [-0.39, 0.29) is 23.8 Å². The van der Waals surface area contributed by atoms with Gasteiger partial charge in [-0.1, -0.05) is 32.4 Å². The van der Waals surface area contributed by atoms with Crippen LogP contribution in [0.2, 0.25) is 0 Å². The summed E-state index contributed by atoms with van der Waals surface area (Å²) in [4.78, 5) is 0.381. The summed E-state index contributed by atoms with van der Waals surface area (Å²) in [5, 5.41) is 13.2. The minimum atomic E-state index is -3.14. The van der Waals surface area contributed by atoms with Gasteiger partial charge >= 0.3 is 0 Å². The lowest BCUT2D eigenvalue weighted by molar-refractivity contribution is 0.114. The van der Waals surface area contributed by atoms with Crippen LogP contribution in [0.4, 0.5) is 0 Å². The van der Waals surface area contributed by atoms with Crippen LogP contribution in [-0.4, -0.2) is 31.9 Å². The van der Waals surface area contributed by atoms with Gasteiger partial charge in [0.05, 0.1) is 10.6 Å². The van der Waals surface area contributed by atoms with Crippen molar-refractivity contribution in [1.82, 2.24) is 5.32 Å². The second-order valence-electron chi connectivity index (χ2n) is 6.62. The molecule has 2 rings (SSSR count). The predicted molar refractivity (Wildman–Crippen MR) is 88.6 cm³/mol. The lowest BCUT2D eigenvalue weighted by Crippen LogP contribution is -2.42. The van der Waals surface area contributed by atoms with Crippen LogP contribution in [0.3, 0.4) is 0 Å². The van der Waals surface area contributed by atoms with E-state index < -0.39 is 9.84 Å². The highest BCUT2D eigenvalue weighted by molar-refractivity contribution is 7.91. The van der Waals surface area contributed by atoms with Crippen LogP contribution < -0.4 is 5.32 Å². The van der Waals surface area contributed by atoms with E-state index in [9.17, 15) is 13.5 Å². The summed E-state index contributed by atoms with van der Waals surface area (Å²) in [7, 11) is -3.14. The van der Waals surface area contributed by atoms with Crippen LogP contribution in [0.5, 0.6) is 0 Å². The van der Waals surface area contributed by atoms with Crippen LogP contribution >= 0.6 is 0 Å². The number of rotatable bonds is 6. The number of hydrogen-bond acceptors (Lipinski definition) is 4. The third kappa shape index (κ3) is 3.53. The molecule has 0 spiro atoms. The second kappa shape index (κ2) is 6.69. The number of aliphatic hydroxyl groups excluding tert-OH is 1. The summed E-state index contributed by atoms with van der Waals surface area (Å²) in [5.74, 6) is 0.122. The van der Waals surface area contributed by atoms with E-state index in [2.05, 4.69) is 19.2 Å². The van der Waals surface area contributed by atoms with Crippen molar-refractivity contribution in [3.05, 3.63) is 29.8 Å². The highest BCUT2D eigenvalue weighted by Crippen LogP contribution is 2.38. The van der Waals surface area contributed by atoms with E-state index in [1.54, 1.807) is 19.1 Å². The third-order valence-corrected chi connectivity index (χ3v) is 6.76. The number of sulfone groups is 1. The highest BCUT2D eigenvalue weighted by Gasteiger charge is 2.38. The van der Waals surface area contributed by atoms with Crippen LogP contribution in [0, 0.1) is 5.41 Å². The van der Waals surface area contributed by atoms with Crippen molar-refractivity contribution in [2.24, 2.45) is 5.41 Å².